The van der Waals surface area contributed by atoms with Gasteiger partial charge in [-0.3, -0.25) is 0 Å². The molecule has 78 valence electrons. The molecule has 0 aliphatic carbocycles. The third-order valence-corrected chi connectivity index (χ3v) is 2.88. The Morgan fingerprint density at radius 2 is 2.33 bits per heavy atom. The molecule has 2 N–H and O–H groups in total. The van der Waals surface area contributed by atoms with Gasteiger partial charge >= 0.3 is 5.97 Å². The maximum absolute atomic E-state index is 11.4. The normalized spacial score (nSPS) is 9.47. The van der Waals surface area contributed by atoms with Crippen LogP contribution < -0.4 is 5.73 Å². The van der Waals surface area contributed by atoms with Gasteiger partial charge in [0.2, 0.25) is 0 Å². The molecule has 0 saturated carbocycles. The second-order valence-corrected chi connectivity index (χ2v) is 3.55. The van der Waals surface area contributed by atoms with E-state index in [-0.39, 0.29) is 6.54 Å². The molecule has 5 heteroatoms. The molecule has 0 bridgehead atoms. The predicted octanol–water partition coefficient (Wildman–Crippen LogP) is 1.57. The fraction of sp³-hybridized carbons (Fsp3) is 0.200. The van der Waals surface area contributed by atoms with Crippen LogP contribution >= 0.6 is 15.9 Å². The van der Waals surface area contributed by atoms with E-state index < -0.39 is 5.97 Å². The Balaban J connectivity index is 3.39. The Bertz CT molecular complexity index is 438. The minimum atomic E-state index is -0.458. The van der Waals surface area contributed by atoms with Crippen LogP contribution in [-0.4, -0.2) is 13.1 Å². The molecule has 1 rings (SSSR count). The number of nitriles is 1. The van der Waals surface area contributed by atoms with Crippen molar-refractivity contribution in [3.05, 3.63) is 33.3 Å². The molecule has 0 aliphatic rings. The summed E-state index contributed by atoms with van der Waals surface area (Å²) in [4.78, 5) is 11.4. The van der Waals surface area contributed by atoms with Crippen molar-refractivity contribution >= 4 is 21.9 Å². The summed E-state index contributed by atoms with van der Waals surface area (Å²) in [6.45, 7) is 0.167. The lowest BCUT2D eigenvalue weighted by Gasteiger charge is -2.08. The van der Waals surface area contributed by atoms with Crippen molar-refractivity contribution in [3.63, 3.8) is 0 Å². The van der Waals surface area contributed by atoms with E-state index in [1.807, 2.05) is 6.07 Å². The van der Waals surface area contributed by atoms with Gasteiger partial charge < -0.3 is 10.5 Å². The van der Waals surface area contributed by atoms with Crippen molar-refractivity contribution in [3.8, 4) is 6.07 Å². The van der Waals surface area contributed by atoms with E-state index in [9.17, 15) is 4.79 Å². The summed E-state index contributed by atoms with van der Waals surface area (Å²) in [6, 6.07) is 5.09. The van der Waals surface area contributed by atoms with Crippen LogP contribution in [0.25, 0.3) is 0 Å². The number of hydrogen-bond donors (Lipinski definition) is 1. The van der Waals surface area contributed by atoms with Crippen LogP contribution in [0.1, 0.15) is 21.5 Å². The maximum atomic E-state index is 11.4. The van der Waals surface area contributed by atoms with Gasteiger partial charge in [0.25, 0.3) is 0 Å². The molecule has 0 unspecified atom stereocenters. The van der Waals surface area contributed by atoms with E-state index in [1.54, 1.807) is 6.07 Å². The zero-order chi connectivity index (χ0) is 11.4. The number of nitrogens with zero attached hydrogens (tertiary/aromatic N) is 1. The highest BCUT2D eigenvalue weighted by Gasteiger charge is 2.15. The third kappa shape index (κ3) is 2.17. The Morgan fingerprint density at radius 3 is 2.80 bits per heavy atom. The lowest BCUT2D eigenvalue weighted by molar-refractivity contribution is 0.0599. The first-order valence-electron chi connectivity index (χ1n) is 4.15. The number of benzene rings is 1. The average Bonchev–Trinajstić information content (AvgIpc) is 2.27. The van der Waals surface area contributed by atoms with Crippen LogP contribution in [0.4, 0.5) is 0 Å². The molecule has 0 heterocycles. The minimum absolute atomic E-state index is 0.167. The molecular weight excluding hydrogens is 260 g/mol. The summed E-state index contributed by atoms with van der Waals surface area (Å²) in [6.07, 6.45) is 0. The first kappa shape index (κ1) is 11.7. The predicted molar refractivity (Wildman–Crippen MR) is 58.1 cm³/mol. The molecule has 15 heavy (non-hydrogen) atoms. The zero-order valence-corrected chi connectivity index (χ0v) is 9.67. The van der Waals surface area contributed by atoms with Crippen molar-refractivity contribution in [2.24, 2.45) is 5.73 Å². The molecule has 0 fully saturated rings. The fourth-order valence-electron chi connectivity index (χ4n) is 1.21. The molecule has 1 aromatic rings. The van der Waals surface area contributed by atoms with Crippen LogP contribution in [-0.2, 0) is 11.3 Å². The number of methoxy groups -OCH3 is 1. The van der Waals surface area contributed by atoms with Gasteiger partial charge in [0.05, 0.1) is 18.2 Å². The Kier molecular flexibility index (Phi) is 3.83. The van der Waals surface area contributed by atoms with Crippen LogP contribution in [0.5, 0.6) is 0 Å². The minimum Gasteiger partial charge on any atom is -0.465 e. The quantitative estimate of drug-likeness (QED) is 0.827. The van der Waals surface area contributed by atoms with Crippen LogP contribution in [0.3, 0.4) is 0 Å². The molecule has 0 aromatic heterocycles. The van der Waals surface area contributed by atoms with Crippen molar-refractivity contribution in [2.75, 3.05) is 7.11 Å². The monoisotopic (exact) mass is 268 g/mol. The summed E-state index contributed by atoms with van der Waals surface area (Å²) in [5.74, 6) is -0.458. The molecule has 0 atom stereocenters. The lowest BCUT2D eigenvalue weighted by Crippen LogP contribution is -2.10. The number of hydrogen-bond acceptors (Lipinski definition) is 4. The molecule has 0 amide bonds. The van der Waals surface area contributed by atoms with E-state index in [0.29, 0.717) is 21.2 Å². The number of nitrogens with two attached hydrogens (primary N) is 1. The van der Waals surface area contributed by atoms with Crippen molar-refractivity contribution in [1.82, 2.24) is 0 Å². The molecule has 4 nitrogen and oxygen atoms in total. The van der Waals surface area contributed by atoms with Crippen molar-refractivity contribution in [2.45, 2.75) is 6.54 Å². The summed E-state index contributed by atoms with van der Waals surface area (Å²) in [7, 11) is 1.30. The molecule has 0 spiro atoms. The van der Waals surface area contributed by atoms with E-state index >= 15 is 0 Å². The Morgan fingerprint density at radius 1 is 1.67 bits per heavy atom. The van der Waals surface area contributed by atoms with Gasteiger partial charge in [-0.05, 0) is 33.6 Å². The van der Waals surface area contributed by atoms with Crippen molar-refractivity contribution < 1.29 is 9.53 Å². The molecular formula is C10H9BrN2O2. The van der Waals surface area contributed by atoms with Crippen LogP contribution in [0, 0.1) is 11.3 Å². The summed E-state index contributed by atoms with van der Waals surface area (Å²) >= 11 is 3.24. The van der Waals surface area contributed by atoms with Gasteiger partial charge in [0, 0.05) is 11.0 Å². The Hall–Kier alpha value is -1.38. The highest BCUT2D eigenvalue weighted by molar-refractivity contribution is 9.10. The molecule has 1 aromatic carbocycles. The van der Waals surface area contributed by atoms with Crippen LogP contribution in [0.2, 0.25) is 0 Å². The summed E-state index contributed by atoms with van der Waals surface area (Å²) < 4.78 is 5.16. The number of esters is 1. The highest BCUT2D eigenvalue weighted by atomic mass is 79.9. The molecule has 0 saturated heterocycles. The van der Waals surface area contributed by atoms with Gasteiger partial charge in [-0.15, -0.1) is 0 Å². The second kappa shape index (κ2) is 4.91. The maximum Gasteiger partial charge on any atom is 0.338 e. The van der Waals surface area contributed by atoms with Crippen LogP contribution in [0.15, 0.2) is 16.6 Å². The zero-order valence-electron chi connectivity index (χ0n) is 8.08. The standard InChI is InChI=1S/C10H9BrN2O2/c1-15-10(14)7-3-2-6(4-12)9(11)8(7)5-13/h2-3H,5,13H2,1H3. The first-order chi connectivity index (χ1) is 7.15. The van der Waals surface area contributed by atoms with Gasteiger partial charge in [0.15, 0.2) is 0 Å². The Labute approximate surface area is 95.8 Å². The largest absolute Gasteiger partial charge is 0.465 e. The number of halogens is 1. The smallest absolute Gasteiger partial charge is 0.338 e. The topological polar surface area (TPSA) is 76.1 Å². The van der Waals surface area contributed by atoms with E-state index in [2.05, 4.69) is 20.7 Å². The summed E-state index contributed by atoms with van der Waals surface area (Å²) in [5.41, 5.74) is 6.93. The third-order valence-electron chi connectivity index (χ3n) is 1.97. The van der Waals surface area contributed by atoms with E-state index in [4.69, 9.17) is 11.0 Å². The number of carbonyl (C=O) groups excluding carboxylic acids is 1. The highest BCUT2D eigenvalue weighted by Crippen LogP contribution is 2.25. The SMILES string of the molecule is COC(=O)c1ccc(C#N)c(Br)c1CN. The van der Waals surface area contributed by atoms with Gasteiger partial charge in [-0.1, -0.05) is 0 Å². The van der Waals surface area contributed by atoms with Gasteiger partial charge in [0.1, 0.15) is 6.07 Å². The molecule has 0 aliphatic heterocycles. The van der Waals surface area contributed by atoms with Gasteiger partial charge in [-0.2, -0.15) is 5.26 Å². The summed E-state index contributed by atoms with van der Waals surface area (Å²) in [5, 5.41) is 8.79. The number of rotatable bonds is 2. The van der Waals surface area contributed by atoms with E-state index in [1.165, 1.54) is 13.2 Å². The number of ether oxygens (including phenoxy) is 1. The van der Waals surface area contributed by atoms with E-state index in [0.717, 1.165) is 0 Å². The van der Waals surface area contributed by atoms with Gasteiger partial charge in [-0.25, -0.2) is 4.79 Å². The molecule has 0 radical (unpaired) electrons. The van der Waals surface area contributed by atoms with Crippen molar-refractivity contribution in [1.29, 1.82) is 5.26 Å². The number of carbonyl (C=O) groups is 1. The average molecular weight is 269 g/mol. The first-order valence-corrected chi connectivity index (χ1v) is 4.94. The second-order valence-electron chi connectivity index (χ2n) is 2.76. The lowest BCUT2D eigenvalue weighted by atomic mass is 10.0. The fourth-order valence-corrected chi connectivity index (χ4v) is 1.80.